The number of carbonyl (C=O) groups is 1. The van der Waals surface area contributed by atoms with E-state index in [0.717, 1.165) is 6.42 Å². The number of halogens is 1. The highest BCUT2D eigenvalue weighted by atomic mass is 35.5. The lowest BCUT2D eigenvalue weighted by Crippen LogP contribution is -2.30. The van der Waals surface area contributed by atoms with Crippen molar-refractivity contribution in [3.63, 3.8) is 0 Å². The van der Waals surface area contributed by atoms with Crippen LogP contribution in [0.15, 0.2) is 12.1 Å². The molecule has 1 rings (SSSR count). The zero-order valence-electron chi connectivity index (χ0n) is 11.8. The number of nitrogens with one attached hydrogen (secondary N) is 1. The first-order chi connectivity index (χ1) is 9.53. The van der Waals surface area contributed by atoms with Crippen molar-refractivity contribution in [2.45, 2.75) is 19.8 Å². The number of aliphatic hydroxyl groups excluding tert-OH is 1. The van der Waals surface area contributed by atoms with Gasteiger partial charge in [0.25, 0.3) is 5.91 Å². The molecule has 112 valence electrons. The first-order valence-corrected chi connectivity index (χ1v) is 6.93. The molecule has 1 aromatic rings. The number of rotatable bonds is 7. The predicted octanol–water partition coefficient (Wildman–Crippen LogP) is 2.07. The van der Waals surface area contributed by atoms with Crippen molar-refractivity contribution in [2.75, 3.05) is 26.0 Å². The Balaban J connectivity index is 2.79. The van der Waals surface area contributed by atoms with Crippen LogP contribution in [-0.2, 0) is 0 Å². The molecule has 0 spiro atoms. The van der Waals surface area contributed by atoms with Crippen LogP contribution in [0.5, 0.6) is 5.75 Å². The van der Waals surface area contributed by atoms with Crippen LogP contribution in [0.2, 0.25) is 5.02 Å². The molecule has 1 atom stereocenters. The van der Waals surface area contributed by atoms with Crippen molar-refractivity contribution in [3.05, 3.63) is 22.7 Å². The SMILES string of the molecule is CCC(CCO)CNC(=O)c1cc(Cl)c(N)cc1OC. The summed E-state index contributed by atoms with van der Waals surface area (Å²) in [7, 11) is 1.47. The Morgan fingerprint density at radius 1 is 1.55 bits per heavy atom. The van der Waals surface area contributed by atoms with E-state index in [9.17, 15) is 4.79 Å². The van der Waals surface area contributed by atoms with Crippen LogP contribution in [-0.4, -0.2) is 31.3 Å². The standard InChI is InChI=1S/C14H21ClN2O3/c1-3-9(4-5-18)8-17-14(19)10-6-11(15)12(16)7-13(10)20-2/h6-7,9,18H,3-5,8,16H2,1-2H3,(H,17,19). The van der Waals surface area contributed by atoms with Gasteiger partial charge in [-0.1, -0.05) is 24.9 Å². The summed E-state index contributed by atoms with van der Waals surface area (Å²) in [6, 6.07) is 3.03. The number of carbonyl (C=O) groups excluding carboxylic acids is 1. The third-order valence-corrected chi connectivity index (χ3v) is 3.56. The molecular weight excluding hydrogens is 280 g/mol. The van der Waals surface area contributed by atoms with E-state index in [-0.39, 0.29) is 18.4 Å². The third kappa shape index (κ3) is 4.28. The van der Waals surface area contributed by atoms with E-state index in [1.807, 2.05) is 6.92 Å². The lowest BCUT2D eigenvalue weighted by atomic mass is 10.0. The summed E-state index contributed by atoms with van der Waals surface area (Å²) in [5.41, 5.74) is 6.40. The van der Waals surface area contributed by atoms with Gasteiger partial charge in [-0.2, -0.15) is 0 Å². The zero-order valence-corrected chi connectivity index (χ0v) is 12.5. The quantitative estimate of drug-likeness (QED) is 0.673. The van der Waals surface area contributed by atoms with Crippen molar-refractivity contribution in [1.82, 2.24) is 5.32 Å². The number of aliphatic hydroxyl groups is 1. The van der Waals surface area contributed by atoms with Gasteiger partial charge in [0, 0.05) is 19.2 Å². The lowest BCUT2D eigenvalue weighted by molar-refractivity contribution is 0.0940. The Bertz CT molecular complexity index is 466. The van der Waals surface area contributed by atoms with Crippen molar-refractivity contribution in [2.24, 2.45) is 5.92 Å². The molecule has 0 fully saturated rings. The lowest BCUT2D eigenvalue weighted by Gasteiger charge is -2.16. The minimum absolute atomic E-state index is 0.116. The average Bonchev–Trinajstić information content (AvgIpc) is 2.45. The molecule has 6 heteroatoms. The average molecular weight is 301 g/mol. The maximum atomic E-state index is 12.2. The van der Waals surface area contributed by atoms with Gasteiger partial charge in [-0.15, -0.1) is 0 Å². The summed E-state index contributed by atoms with van der Waals surface area (Å²) < 4.78 is 5.14. The summed E-state index contributed by atoms with van der Waals surface area (Å²) in [6.07, 6.45) is 1.55. The monoisotopic (exact) mass is 300 g/mol. The molecule has 0 heterocycles. The fourth-order valence-electron chi connectivity index (χ4n) is 1.88. The van der Waals surface area contributed by atoms with Crippen LogP contribution in [0.4, 0.5) is 5.69 Å². The number of anilines is 1. The van der Waals surface area contributed by atoms with Gasteiger partial charge in [0.15, 0.2) is 0 Å². The largest absolute Gasteiger partial charge is 0.496 e. The number of amides is 1. The second-order valence-electron chi connectivity index (χ2n) is 4.57. The van der Waals surface area contributed by atoms with E-state index < -0.39 is 0 Å². The zero-order chi connectivity index (χ0) is 15.1. The molecule has 0 aliphatic rings. The molecule has 1 aromatic carbocycles. The van der Waals surface area contributed by atoms with E-state index in [0.29, 0.717) is 35.0 Å². The van der Waals surface area contributed by atoms with E-state index in [4.69, 9.17) is 27.2 Å². The summed E-state index contributed by atoms with van der Waals surface area (Å²) in [4.78, 5) is 12.2. The highest BCUT2D eigenvalue weighted by Gasteiger charge is 2.16. The molecule has 0 radical (unpaired) electrons. The van der Waals surface area contributed by atoms with Gasteiger partial charge in [-0.05, 0) is 18.4 Å². The highest BCUT2D eigenvalue weighted by molar-refractivity contribution is 6.33. The summed E-state index contributed by atoms with van der Waals surface area (Å²) >= 11 is 5.93. The first-order valence-electron chi connectivity index (χ1n) is 6.55. The molecule has 0 saturated carbocycles. The van der Waals surface area contributed by atoms with Crippen molar-refractivity contribution >= 4 is 23.2 Å². The van der Waals surface area contributed by atoms with Crippen molar-refractivity contribution in [1.29, 1.82) is 0 Å². The Hall–Kier alpha value is -1.46. The van der Waals surface area contributed by atoms with Gasteiger partial charge in [0.1, 0.15) is 5.75 Å². The molecule has 4 N–H and O–H groups in total. The first kappa shape index (κ1) is 16.6. The summed E-state index contributed by atoms with van der Waals surface area (Å²) in [5.74, 6) is 0.374. The minimum Gasteiger partial charge on any atom is -0.496 e. The number of hydrogen-bond donors (Lipinski definition) is 3. The van der Waals surface area contributed by atoms with E-state index in [2.05, 4.69) is 5.32 Å². The second-order valence-corrected chi connectivity index (χ2v) is 4.98. The van der Waals surface area contributed by atoms with Crippen LogP contribution in [0.1, 0.15) is 30.1 Å². The maximum absolute atomic E-state index is 12.2. The molecule has 20 heavy (non-hydrogen) atoms. The second kappa shape index (κ2) is 7.97. The predicted molar refractivity (Wildman–Crippen MR) is 80.2 cm³/mol. The van der Waals surface area contributed by atoms with Crippen LogP contribution >= 0.6 is 11.6 Å². The van der Waals surface area contributed by atoms with Gasteiger partial charge in [0.05, 0.1) is 23.4 Å². The Morgan fingerprint density at radius 3 is 2.80 bits per heavy atom. The van der Waals surface area contributed by atoms with E-state index >= 15 is 0 Å². The van der Waals surface area contributed by atoms with Crippen molar-refractivity contribution < 1.29 is 14.6 Å². The Labute approximate surface area is 124 Å². The molecule has 0 aromatic heterocycles. The number of nitrogens with two attached hydrogens (primary N) is 1. The molecule has 0 aliphatic carbocycles. The summed E-state index contributed by atoms with van der Waals surface area (Å²) in [6.45, 7) is 2.64. The Kier molecular flexibility index (Phi) is 6.61. The third-order valence-electron chi connectivity index (χ3n) is 3.23. The van der Waals surface area contributed by atoms with Gasteiger partial charge >= 0.3 is 0 Å². The number of benzene rings is 1. The molecular formula is C14H21ClN2O3. The number of hydrogen-bond acceptors (Lipinski definition) is 4. The van der Waals surface area contributed by atoms with Gasteiger partial charge < -0.3 is 20.9 Å². The van der Waals surface area contributed by atoms with Gasteiger partial charge in [-0.3, -0.25) is 4.79 Å². The molecule has 1 amide bonds. The smallest absolute Gasteiger partial charge is 0.255 e. The summed E-state index contributed by atoms with van der Waals surface area (Å²) in [5, 5.41) is 12.1. The molecule has 0 bridgehead atoms. The highest BCUT2D eigenvalue weighted by Crippen LogP contribution is 2.28. The van der Waals surface area contributed by atoms with Crippen LogP contribution in [0.3, 0.4) is 0 Å². The van der Waals surface area contributed by atoms with Gasteiger partial charge in [0.2, 0.25) is 0 Å². The fourth-order valence-corrected chi connectivity index (χ4v) is 2.04. The van der Waals surface area contributed by atoms with Gasteiger partial charge in [-0.25, -0.2) is 0 Å². The van der Waals surface area contributed by atoms with Crippen LogP contribution in [0.25, 0.3) is 0 Å². The molecule has 1 unspecified atom stereocenters. The van der Waals surface area contributed by atoms with E-state index in [1.54, 1.807) is 0 Å². The topological polar surface area (TPSA) is 84.6 Å². The number of methoxy groups -OCH3 is 1. The fraction of sp³-hybridized carbons (Fsp3) is 0.500. The van der Waals surface area contributed by atoms with Crippen LogP contribution < -0.4 is 15.8 Å². The number of nitrogen functional groups attached to an aromatic ring is 1. The molecule has 0 saturated heterocycles. The molecule has 5 nitrogen and oxygen atoms in total. The van der Waals surface area contributed by atoms with Crippen molar-refractivity contribution in [3.8, 4) is 5.75 Å². The molecule has 0 aliphatic heterocycles. The van der Waals surface area contributed by atoms with E-state index in [1.165, 1.54) is 19.2 Å². The normalized spacial score (nSPS) is 12.0. The maximum Gasteiger partial charge on any atom is 0.255 e. The van der Waals surface area contributed by atoms with Crippen LogP contribution in [0, 0.1) is 5.92 Å². The minimum atomic E-state index is -0.264. The Morgan fingerprint density at radius 2 is 2.25 bits per heavy atom. The number of ether oxygens (including phenoxy) is 1.